The number of hydrogen-bond acceptors (Lipinski definition) is 2. The van der Waals surface area contributed by atoms with E-state index in [0.29, 0.717) is 0 Å². The van der Waals surface area contributed by atoms with E-state index in [-0.39, 0.29) is 0 Å². The van der Waals surface area contributed by atoms with Crippen LogP contribution in [0.3, 0.4) is 0 Å². The number of nitrogens with zero attached hydrogens (tertiary/aromatic N) is 1. The molecule has 0 atom stereocenters. The molecule has 70 valence electrons. The van der Waals surface area contributed by atoms with Crippen LogP contribution in [-0.2, 0) is 6.54 Å². The Morgan fingerprint density at radius 2 is 1.92 bits per heavy atom. The smallest absolute Gasteiger partial charge is 0.0314 e. The van der Waals surface area contributed by atoms with Gasteiger partial charge < -0.3 is 5.73 Å². The zero-order chi connectivity index (χ0) is 9.26. The van der Waals surface area contributed by atoms with Gasteiger partial charge in [0.2, 0.25) is 0 Å². The third-order valence-electron chi connectivity index (χ3n) is 2.58. The van der Waals surface area contributed by atoms with Gasteiger partial charge in [-0.15, -0.1) is 0 Å². The summed E-state index contributed by atoms with van der Waals surface area (Å²) in [6.45, 7) is 1.05. The third kappa shape index (κ3) is 2.22. The van der Waals surface area contributed by atoms with Gasteiger partial charge in [-0.05, 0) is 37.6 Å². The molecule has 0 spiro atoms. The minimum atomic E-state index is 0.831. The Bertz CT molecular complexity index is 275. The predicted molar refractivity (Wildman–Crippen MR) is 55.3 cm³/mol. The number of rotatable bonds is 3. The number of hydrogen-bond donors (Lipinski definition) is 1. The zero-order valence-electron chi connectivity index (χ0n) is 8.03. The first kappa shape index (κ1) is 8.57. The molecule has 13 heavy (non-hydrogen) atoms. The molecule has 1 fully saturated rings. The summed E-state index contributed by atoms with van der Waals surface area (Å²) in [6, 6.07) is 8.98. The van der Waals surface area contributed by atoms with Crippen LogP contribution in [0.1, 0.15) is 18.4 Å². The van der Waals surface area contributed by atoms with Gasteiger partial charge >= 0.3 is 0 Å². The summed E-state index contributed by atoms with van der Waals surface area (Å²) in [5.74, 6) is 0. The molecule has 0 saturated heterocycles. The molecule has 1 aliphatic rings. The highest BCUT2D eigenvalue weighted by Gasteiger charge is 2.25. The van der Waals surface area contributed by atoms with Crippen LogP contribution < -0.4 is 5.73 Å². The second-order valence-electron chi connectivity index (χ2n) is 3.89. The maximum Gasteiger partial charge on any atom is 0.0314 e. The largest absolute Gasteiger partial charge is 0.399 e. The fourth-order valence-electron chi connectivity index (χ4n) is 1.56. The minimum Gasteiger partial charge on any atom is -0.399 e. The first-order valence-electron chi connectivity index (χ1n) is 4.80. The maximum absolute atomic E-state index is 5.62. The van der Waals surface area contributed by atoms with Crippen LogP contribution in [0.15, 0.2) is 24.3 Å². The van der Waals surface area contributed by atoms with E-state index in [2.05, 4.69) is 24.1 Å². The summed E-state index contributed by atoms with van der Waals surface area (Å²) in [5, 5.41) is 0. The summed E-state index contributed by atoms with van der Waals surface area (Å²) in [7, 11) is 2.19. The molecule has 2 nitrogen and oxygen atoms in total. The highest BCUT2D eigenvalue weighted by Crippen LogP contribution is 2.26. The topological polar surface area (TPSA) is 29.3 Å². The van der Waals surface area contributed by atoms with E-state index in [1.54, 1.807) is 0 Å². The Morgan fingerprint density at radius 3 is 2.46 bits per heavy atom. The lowest BCUT2D eigenvalue weighted by atomic mass is 10.2. The summed E-state index contributed by atoms with van der Waals surface area (Å²) in [5.41, 5.74) is 7.81. The van der Waals surface area contributed by atoms with Crippen molar-refractivity contribution in [2.45, 2.75) is 25.4 Å². The molecular weight excluding hydrogens is 160 g/mol. The maximum atomic E-state index is 5.62. The highest BCUT2D eigenvalue weighted by atomic mass is 15.1. The van der Waals surface area contributed by atoms with Crippen LogP contribution in [0.2, 0.25) is 0 Å². The van der Waals surface area contributed by atoms with Gasteiger partial charge in [0.05, 0.1) is 0 Å². The van der Waals surface area contributed by atoms with Gasteiger partial charge in [0.25, 0.3) is 0 Å². The van der Waals surface area contributed by atoms with Crippen molar-refractivity contribution in [1.82, 2.24) is 4.90 Å². The lowest BCUT2D eigenvalue weighted by Crippen LogP contribution is -2.19. The number of nitrogen functional groups attached to an aromatic ring is 1. The summed E-state index contributed by atoms with van der Waals surface area (Å²) in [4.78, 5) is 2.41. The van der Waals surface area contributed by atoms with E-state index in [0.717, 1.165) is 18.3 Å². The van der Waals surface area contributed by atoms with Crippen molar-refractivity contribution in [3.05, 3.63) is 29.8 Å². The fraction of sp³-hybridized carbons (Fsp3) is 0.455. The molecule has 0 radical (unpaired) electrons. The Labute approximate surface area is 79.4 Å². The van der Waals surface area contributed by atoms with E-state index in [4.69, 9.17) is 5.73 Å². The third-order valence-corrected chi connectivity index (χ3v) is 2.58. The van der Waals surface area contributed by atoms with Gasteiger partial charge in [-0.1, -0.05) is 12.1 Å². The predicted octanol–water partition coefficient (Wildman–Crippen LogP) is 1.86. The first-order chi connectivity index (χ1) is 6.25. The van der Waals surface area contributed by atoms with Crippen LogP contribution in [-0.4, -0.2) is 18.0 Å². The standard InChI is InChI=1S/C11H16N2/c1-13(11-6-7-11)8-9-2-4-10(12)5-3-9/h2-5,11H,6-8,12H2,1H3. The Morgan fingerprint density at radius 1 is 1.31 bits per heavy atom. The number of anilines is 1. The van der Waals surface area contributed by atoms with Gasteiger partial charge in [0, 0.05) is 18.3 Å². The van der Waals surface area contributed by atoms with E-state index >= 15 is 0 Å². The number of benzene rings is 1. The van der Waals surface area contributed by atoms with Gasteiger partial charge in [0.1, 0.15) is 0 Å². The monoisotopic (exact) mass is 176 g/mol. The molecule has 0 aromatic heterocycles. The van der Waals surface area contributed by atoms with Crippen molar-refractivity contribution < 1.29 is 0 Å². The molecular formula is C11H16N2. The summed E-state index contributed by atoms with van der Waals surface area (Å²) in [6.07, 6.45) is 2.73. The lowest BCUT2D eigenvalue weighted by Gasteiger charge is -2.15. The van der Waals surface area contributed by atoms with Crippen LogP contribution in [0, 0.1) is 0 Å². The summed E-state index contributed by atoms with van der Waals surface area (Å²) >= 11 is 0. The average molecular weight is 176 g/mol. The molecule has 1 saturated carbocycles. The molecule has 2 rings (SSSR count). The molecule has 0 amide bonds. The van der Waals surface area contributed by atoms with Gasteiger partial charge in [-0.3, -0.25) is 4.90 Å². The Balaban J connectivity index is 1.96. The van der Waals surface area contributed by atoms with Crippen molar-refractivity contribution in [3.63, 3.8) is 0 Å². The number of nitrogens with two attached hydrogens (primary N) is 1. The van der Waals surface area contributed by atoms with E-state index in [1.165, 1.54) is 18.4 Å². The van der Waals surface area contributed by atoms with Gasteiger partial charge in [-0.25, -0.2) is 0 Å². The molecule has 0 bridgehead atoms. The normalized spacial score (nSPS) is 16.5. The molecule has 2 heteroatoms. The Kier molecular flexibility index (Phi) is 2.23. The SMILES string of the molecule is CN(Cc1ccc(N)cc1)C1CC1. The molecule has 1 aromatic rings. The molecule has 0 aliphatic heterocycles. The van der Waals surface area contributed by atoms with Crippen LogP contribution in [0.5, 0.6) is 0 Å². The second-order valence-corrected chi connectivity index (χ2v) is 3.89. The first-order valence-corrected chi connectivity index (χ1v) is 4.80. The van der Waals surface area contributed by atoms with Crippen LogP contribution >= 0.6 is 0 Å². The van der Waals surface area contributed by atoms with E-state index in [1.807, 2.05) is 12.1 Å². The van der Waals surface area contributed by atoms with Crippen LogP contribution in [0.4, 0.5) is 5.69 Å². The van der Waals surface area contributed by atoms with Crippen molar-refractivity contribution in [2.24, 2.45) is 0 Å². The summed E-state index contributed by atoms with van der Waals surface area (Å²) < 4.78 is 0. The van der Waals surface area contributed by atoms with Crippen molar-refractivity contribution in [2.75, 3.05) is 12.8 Å². The highest BCUT2D eigenvalue weighted by molar-refractivity contribution is 5.39. The Hall–Kier alpha value is -1.02. The fourth-order valence-corrected chi connectivity index (χ4v) is 1.56. The molecule has 0 heterocycles. The quantitative estimate of drug-likeness (QED) is 0.712. The average Bonchev–Trinajstić information content (AvgIpc) is 2.91. The molecule has 2 N–H and O–H groups in total. The van der Waals surface area contributed by atoms with Crippen molar-refractivity contribution in [3.8, 4) is 0 Å². The van der Waals surface area contributed by atoms with Crippen LogP contribution in [0.25, 0.3) is 0 Å². The van der Waals surface area contributed by atoms with E-state index in [9.17, 15) is 0 Å². The van der Waals surface area contributed by atoms with Crippen molar-refractivity contribution in [1.29, 1.82) is 0 Å². The minimum absolute atomic E-state index is 0.831. The lowest BCUT2D eigenvalue weighted by molar-refractivity contribution is 0.316. The molecule has 1 aliphatic carbocycles. The van der Waals surface area contributed by atoms with Gasteiger partial charge in [0.15, 0.2) is 0 Å². The zero-order valence-corrected chi connectivity index (χ0v) is 8.03. The van der Waals surface area contributed by atoms with Crippen molar-refractivity contribution >= 4 is 5.69 Å². The van der Waals surface area contributed by atoms with Gasteiger partial charge in [-0.2, -0.15) is 0 Å². The molecule has 1 aromatic carbocycles. The van der Waals surface area contributed by atoms with E-state index < -0.39 is 0 Å². The molecule has 0 unspecified atom stereocenters. The second kappa shape index (κ2) is 3.38.